The van der Waals surface area contributed by atoms with Gasteiger partial charge in [-0.3, -0.25) is 4.90 Å². The van der Waals surface area contributed by atoms with E-state index in [9.17, 15) is 0 Å². The highest BCUT2D eigenvalue weighted by Gasteiger charge is 2.34. The lowest BCUT2D eigenvalue weighted by Gasteiger charge is -2.32. The molecule has 0 spiro atoms. The molecular formula is C13H20N2O. The van der Waals surface area contributed by atoms with Crippen molar-refractivity contribution in [1.29, 1.82) is 0 Å². The predicted molar refractivity (Wildman–Crippen MR) is 63.2 cm³/mol. The van der Waals surface area contributed by atoms with E-state index in [-0.39, 0.29) is 0 Å². The van der Waals surface area contributed by atoms with Gasteiger partial charge in [0.05, 0.1) is 12.8 Å². The van der Waals surface area contributed by atoms with E-state index in [2.05, 4.69) is 10.2 Å². The zero-order chi connectivity index (χ0) is 10.8. The fourth-order valence-electron chi connectivity index (χ4n) is 3.13. The van der Waals surface area contributed by atoms with Gasteiger partial charge in [-0.25, -0.2) is 0 Å². The van der Waals surface area contributed by atoms with Gasteiger partial charge in [-0.2, -0.15) is 0 Å². The smallest absolute Gasteiger partial charge is 0.117 e. The van der Waals surface area contributed by atoms with Crippen molar-refractivity contribution in [1.82, 2.24) is 10.2 Å². The topological polar surface area (TPSA) is 28.4 Å². The molecule has 2 aliphatic heterocycles. The average molecular weight is 220 g/mol. The number of piperidine rings is 1. The Morgan fingerprint density at radius 1 is 1.31 bits per heavy atom. The highest BCUT2D eigenvalue weighted by Crippen LogP contribution is 2.27. The molecule has 3 rings (SSSR count). The molecule has 16 heavy (non-hydrogen) atoms. The summed E-state index contributed by atoms with van der Waals surface area (Å²) in [6.45, 7) is 3.46. The third kappa shape index (κ3) is 2.02. The Morgan fingerprint density at radius 3 is 3.19 bits per heavy atom. The summed E-state index contributed by atoms with van der Waals surface area (Å²) in [5.74, 6) is 1.05. The number of furan rings is 1. The van der Waals surface area contributed by atoms with Crippen LogP contribution in [0.2, 0.25) is 0 Å². The third-order valence-corrected chi connectivity index (χ3v) is 3.97. The van der Waals surface area contributed by atoms with Crippen molar-refractivity contribution in [2.75, 3.05) is 13.1 Å². The fourth-order valence-corrected chi connectivity index (χ4v) is 3.13. The number of fused-ring (bicyclic) bond motifs is 1. The minimum atomic E-state index is 0.672. The minimum absolute atomic E-state index is 0.672. The van der Waals surface area contributed by atoms with Crippen LogP contribution < -0.4 is 5.32 Å². The quantitative estimate of drug-likeness (QED) is 0.844. The maximum Gasteiger partial charge on any atom is 0.117 e. The largest absolute Gasteiger partial charge is 0.468 e. The second-order valence-corrected chi connectivity index (χ2v) is 4.95. The first-order valence-electron chi connectivity index (χ1n) is 6.43. The Balaban J connectivity index is 1.55. The molecule has 2 saturated heterocycles. The normalized spacial score (nSPS) is 30.5. The lowest BCUT2D eigenvalue weighted by Crippen LogP contribution is -2.44. The molecule has 0 bridgehead atoms. The second kappa shape index (κ2) is 4.60. The average Bonchev–Trinajstić information content (AvgIpc) is 2.96. The highest BCUT2D eigenvalue weighted by atomic mass is 16.3. The fraction of sp³-hybridized carbons (Fsp3) is 0.692. The van der Waals surface area contributed by atoms with E-state index in [0.29, 0.717) is 6.04 Å². The number of hydrogen-bond donors (Lipinski definition) is 1. The van der Waals surface area contributed by atoms with E-state index in [1.807, 2.05) is 12.1 Å². The van der Waals surface area contributed by atoms with Gasteiger partial charge >= 0.3 is 0 Å². The van der Waals surface area contributed by atoms with Crippen LogP contribution in [0.15, 0.2) is 22.8 Å². The summed E-state index contributed by atoms with van der Waals surface area (Å²) < 4.78 is 5.35. The molecule has 1 N–H and O–H groups in total. The zero-order valence-corrected chi connectivity index (χ0v) is 9.69. The van der Waals surface area contributed by atoms with Crippen LogP contribution >= 0.6 is 0 Å². The van der Waals surface area contributed by atoms with Crippen LogP contribution in [0, 0.1) is 0 Å². The van der Waals surface area contributed by atoms with E-state index in [0.717, 1.165) is 18.3 Å². The first-order valence-corrected chi connectivity index (χ1v) is 6.43. The first kappa shape index (κ1) is 10.4. The molecule has 3 heteroatoms. The van der Waals surface area contributed by atoms with Gasteiger partial charge in [0.15, 0.2) is 0 Å². The number of nitrogens with one attached hydrogen (secondary N) is 1. The van der Waals surface area contributed by atoms with E-state index in [4.69, 9.17) is 4.42 Å². The first-order chi connectivity index (χ1) is 7.93. The van der Waals surface area contributed by atoms with Crippen LogP contribution in [0.3, 0.4) is 0 Å². The predicted octanol–water partition coefficient (Wildman–Crippen LogP) is 2.00. The van der Waals surface area contributed by atoms with Gasteiger partial charge in [0.2, 0.25) is 0 Å². The molecule has 0 amide bonds. The number of rotatable bonds is 3. The Bertz CT molecular complexity index is 323. The Kier molecular flexibility index (Phi) is 2.98. The van der Waals surface area contributed by atoms with Gasteiger partial charge < -0.3 is 9.73 Å². The summed E-state index contributed by atoms with van der Waals surface area (Å²) in [5, 5.41) is 3.65. The zero-order valence-electron chi connectivity index (χ0n) is 9.69. The molecule has 0 radical (unpaired) electrons. The van der Waals surface area contributed by atoms with Gasteiger partial charge in [0, 0.05) is 18.6 Å². The summed E-state index contributed by atoms with van der Waals surface area (Å²) in [4.78, 5) is 2.66. The van der Waals surface area contributed by atoms with Crippen molar-refractivity contribution in [3.8, 4) is 0 Å². The van der Waals surface area contributed by atoms with E-state index >= 15 is 0 Å². The lowest BCUT2D eigenvalue weighted by atomic mass is 9.99. The standard InChI is InChI=1S/C13H20N2O/c1-2-7-15-8-6-12(13(15)5-1)14-10-11-4-3-9-16-11/h3-4,9,12-14H,1-2,5-8,10H2. The van der Waals surface area contributed by atoms with Crippen molar-refractivity contribution >= 4 is 0 Å². The number of hydrogen-bond acceptors (Lipinski definition) is 3. The molecule has 2 aliphatic rings. The van der Waals surface area contributed by atoms with Crippen molar-refractivity contribution in [2.24, 2.45) is 0 Å². The Hall–Kier alpha value is -0.800. The summed E-state index contributed by atoms with van der Waals surface area (Å²) in [6, 6.07) is 5.45. The summed E-state index contributed by atoms with van der Waals surface area (Å²) in [5.41, 5.74) is 0. The molecular weight excluding hydrogens is 200 g/mol. The molecule has 0 aromatic carbocycles. The van der Waals surface area contributed by atoms with Crippen LogP contribution in [0.4, 0.5) is 0 Å². The molecule has 1 aromatic heterocycles. The van der Waals surface area contributed by atoms with Crippen molar-refractivity contribution in [3.63, 3.8) is 0 Å². The van der Waals surface area contributed by atoms with Crippen LogP contribution in [0.1, 0.15) is 31.4 Å². The van der Waals surface area contributed by atoms with Gasteiger partial charge in [0.1, 0.15) is 5.76 Å². The minimum Gasteiger partial charge on any atom is -0.468 e. The highest BCUT2D eigenvalue weighted by molar-refractivity contribution is 5.00. The molecule has 2 unspecified atom stereocenters. The van der Waals surface area contributed by atoms with Gasteiger partial charge in [-0.05, 0) is 37.9 Å². The molecule has 0 aliphatic carbocycles. The van der Waals surface area contributed by atoms with Crippen LogP contribution in [0.5, 0.6) is 0 Å². The van der Waals surface area contributed by atoms with Crippen LogP contribution in [-0.4, -0.2) is 30.1 Å². The maximum absolute atomic E-state index is 5.35. The third-order valence-electron chi connectivity index (χ3n) is 3.97. The van der Waals surface area contributed by atoms with E-state index < -0.39 is 0 Å². The van der Waals surface area contributed by atoms with E-state index in [1.165, 1.54) is 38.8 Å². The van der Waals surface area contributed by atoms with Crippen molar-refractivity contribution < 1.29 is 4.42 Å². The van der Waals surface area contributed by atoms with Crippen LogP contribution in [0.25, 0.3) is 0 Å². The summed E-state index contributed by atoms with van der Waals surface area (Å²) in [6.07, 6.45) is 7.21. The van der Waals surface area contributed by atoms with Crippen molar-refractivity contribution in [2.45, 2.75) is 44.3 Å². The Labute approximate surface area is 96.8 Å². The molecule has 1 aromatic rings. The molecule has 0 saturated carbocycles. The van der Waals surface area contributed by atoms with Gasteiger partial charge in [-0.15, -0.1) is 0 Å². The SMILES string of the molecule is c1coc(CNC2CCN3CCCCC23)c1. The molecule has 88 valence electrons. The van der Waals surface area contributed by atoms with Gasteiger partial charge in [-0.1, -0.05) is 6.42 Å². The second-order valence-electron chi connectivity index (χ2n) is 4.95. The van der Waals surface area contributed by atoms with E-state index in [1.54, 1.807) is 6.26 Å². The molecule has 2 fully saturated rings. The maximum atomic E-state index is 5.35. The van der Waals surface area contributed by atoms with Crippen LogP contribution in [-0.2, 0) is 6.54 Å². The monoisotopic (exact) mass is 220 g/mol. The summed E-state index contributed by atoms with van der Waals surface area (Å²) >= 11 is 0. The molecule has 3 heterocycles. The molecule has 3 nitrogen and oxygen atoms in total. The van der Waals surface area contributed by atoms with Gasteiger partial charge in [0.25, 0.3) is 0 Å². The summed E-state index contributed by atoms with van der Waals surface area (Å²) in [7, 11) is 0. The number of nitrogens with zero attached hydrogens (tertiary/aromatic N) is 1. The van der Waals surface area contributed by atoms with Crippen molar-refractivity contribution in [3.05, 3.63) is 24.2 Å². The Morgan fingerprint density at radius 2 is 2.31 bits per heavy atom. The molecule has 2 atom stereocenters. The lowest BCUT2D eigenvalue weighted by molar-refractivity contribution is 0.179.